The minimum Gasteiger partial charge on any atom is -0.497 e. The summed E-state index contributed by atoms with van der Waals surface area (Å²) < 4.78 is 21.6. The Morgan fingerprint density at radius 1 is 0.957 bits per heavy atom. The largest absolute Gasteiger partial charge is 0.497 e. The van der Waals surface area contributed by atoms with Crippen LogP contribution in [0.25, 0.3) is 0 Å². The van der Waals surface area contributed by atoms with Crippen LogP contribution in [0, 0.1) is 0 Å². The van der Waals surface area contributed by atoms with E-state index in [0.29, 0.717) is 27.3 Å². The fraction of sp³-hybridized carbons (Fsp3) is 0.235. The molecule has 0 saturated carbocycles. The average Bonchev–Trinajstić information content (AvgIpc) is 2.59. The quantitative estimate of drug-likeness (QED) is 0.712. The molecule has 0 spiro atoms. The molecule has 0 aliphatic carbocycles. The van der Waals surface area contributed by atoms with Crippen molar-refractivity contribution in [2.75, 3.05) is 21.3 Å². The monoisotopic (exact) mass is 380 g/mol. The van der Waals surface area contributed by atoms with Gasteiger partial charge in [0.2, 0.25) is 0 Å². The van der Waals surface area contributed by atoms with Crippen molar-refractivity contribution in [3.05, 3.63) is 52.0 Å². The summed E-state index contributed by atoms with van der Waals surface area (Å²) in [6, 6.07) is 10.4. The fourth-order valence-corrected chi connectivity index (χ4v) is 2.41. The van der Waals surface area contributed by atoms with Gasteiger partial charge < -0.3 is 18.9 Å². The Labute approximate surface area is 143 Å². The fourth-order valence-electron chi connectivity index (χ4n) is 2.00. The van der Waals surface area contributed by atoms with Crippen LogP contribution in [0.2, 0.25) is 0 Å². The summed E-state index contributed by atoms with van der Waals surface area (Å²) in [5.41, 5.74) is 1.12. The number of esters is 1. The van der Waals surface area contributed by atoms with E-state index in [0.717, 1.165) is 5.56 Å². The molecule has 122 valence electrons. The predicted molar refractivity (Wildman–Crippen MR) is 89.4 cm³/mol. The van der Waals surface area contributed by atoms with Gasteiger partial charge in [-0.15, -0.1) is 0 Å². The molecular weight excluding hydrogens is 364 g/mol. The van der Waals surface area contributed by atoms with Crippen LogP contribution in [0.1, 0.15) is 15.9 Å². The van der Waals surface area contributed by atoms with E-state index in [9.17, 15) is 4.79 Å². The molecule has 0 N–H and O–H groups in total. The van der Waals surface area contributed by atoms with E-state index < -0.39 is 5.97 Å². The number of hydrogen-bond acceptors (Lipinski definition) is 5. The first-order valence-corrected chi connectivity index (χ1v) is 7.60. The Morgan fingerprint density at radius 3 is 2.26 bits per heavy atom. The van der Waals surface area contributed by atoms with Crippen molar-refractivity contribution in [1.82, 2.24) is 0 Å². The smallest absolute Gasteiger partial charge is 0.339 e. The zero-order valence-corrected chi connectivity index (χ0v) is 14.7. The Hall–Kier alpha value is -2.21. The van der Waals surface area contributed by atoms with Gasteiger partial charge in [-0.2, -0.15) is 0 Å². The number of carbonyl (C=O) groups is 1. The van der Waals surface area contributed by atoms with Gasteiger partial charge in [0.05, 0.1) is 26.9 Å². The molecule has 2 aromatic carbocycles. The minimum atomic E-state index is -0.458. The van der Waals surface area contributed by atoms with E-state index in [1.165, 1.54) is 0 Å². The van der Waals surface area contributed by atoms with Gasteiger partial charge in [-0.05, 0) is 52.3 Å². The third kappa shape index (κ3) is 4.16. The Morgan fingerprint density at radius 2 is 1.61 bits per heavy atom. The predicted octanol–water partition coefficient (Wildman–Crippen LogP) is 3.83. The van der Waals surface area contributed by atoms with Gasteiger partial charge in [0.1, 0.15) is 23.9 Å². The van der Waals surface area contributed by atoms with Crippen LogP contribution >= 0.6 is 15.9 Å². The summed E-state index contributed by atoms with van der Waals surface area (Å²) in [4.78, 5) is 12.3. The lowest BCUT2D eigenvalue weighted by molar-refractivity contribution is 0.0468. The molecule has 23 heavy (non-hydrogen) atoms. The van der Waals surface area contributed by atoms with Crippen molar-refractivity contribution in [1.29, 1.82) is 0 Å². The van der Waals surface area contributed by atoms with Crippen LogP contribution in [0.15, 0.2) is 40.9 Å². The van der Waals surface area contributed by atoms with Crippen molar-refractivity contribution in [2.45, 2.75) is 6.61 Å². The third-order valence-corrected chi connectivity index (χ3v) is 3.93. The van der Waals surface area contributed by atoms with Gasteiger partial charge in [-0.25, -0.2) is 4.79 Å². The Kier molecular flexibility index (Phi) is 5.87. The molecule has 0 aliphatic heterocycles. The van der Waals surface area contributed by atoms with Gasteiger partial charge in [-0.1, -0.05) is 0 Å². The van der Waals surface area contributed by atoms with Gasteiger partial charge in [0.15, 0.2) is 0 Å². The molecule has 6 heteroatoms. The molecule has 0 fully saturated rings. The summed E-state index contributed by atoms with van der Waals surface area (Å²) in [5, 5.41) is 0. The second kappa shape index (κ2) is 7.87. The minimum absolute atomic E-state index is 0.0723. The summed E-state index contributed by atoms with van der Waals surface area (Å²) in [7, 11) is 4.68. The zero-order chi connectivity index (χ0) is 16.8. The summed E-state index contributed by atoms with van der Waals surface area (Å²) in [6.07, 6.45) is 0. The van der Waals surface area contributed by atoms with Crippen molar-refractivity contribution in [3.8, 4) is 17.2 Å². The number of rotatable bonds is 6. The standard InChI is InChI=1S/C17H17BrO5/c1-20-12-5-7-16(22-3)11(8-12)10-23-17(19)14-9-13(21-2)4-6-15(14)18/h4-9H,10H2,1-3H3. The zero-order valence-electron chi connectivity index (χ0n) is 13.1. The molecule has 5 nitrogen and oxygen atoms in total. The van der Waals surface area contributed by atoms with Crippen molar-refractivity contribution in [2.24, 2.45) is 0 Å². The normalized spacial score (nSPS) is 10.1. The average molecular weight is 381 g/mol. The molecule has 0 aromatic heterocycles. The number of halogens is 1. The van der Waals surface area contributed by atoms with Gasteiger partial charge in [-0.3, -0.25) is 0 Å². The number of carbonyl (C=O) groups excluding carboxylic acids is 1. The first-order chi connectivity index (χ1) is 11.1. The maximum absolute atomic E-state index is 12.3. The SMILES string of the molecule is COc1ccc(OC)c(COC(=O)c2cc(OC)ccc2Br)c1. The maximum atomic E-state index is 12.3. The van der Waals surface area contributed by atoms with E-state index in [-0.39, 0.29) is 6.61 Å². The van der Waals surface area contributed by atoms with Gasteiger partial charge in [0, 0.05) is 10.0 Å². The topological polar surface area (TPSA) is 54.0 Å². The number of benzene rings is 2. The van der Waals surface area contributed by atoms with Crippen molar-refractivity contribution in [3.63, 3.8) is 0 Å². The molecule has 2 rings (SSSR count). The van der Waals surface area contributed by atoms with E-state index in [1.807, 2.05) is 0 Å². The Bertz CT molecular complexity index is 699. The molecule has 0 aliphatic rings. The van der Waals surface area contributed by atoms with Gasteiger partial charge >= 0.3 is 5.97 Å². The van der Waals surface area contributed by atoms with Crippen molar-refractivity contribution >= 4 is 21.9 Å². The molecule has 0 radical (unpaired) electrons. The highest BCUT2D eigenvalue weighted by Gasteiger charge is 2.14. The third-order valence-electron chi connectivity index (χ3n) is 3.24. The first-order valence-electron chi connectivity index (χ1n) is 6.80. The highest BCUT2D eigenvalue weighted by Crippen LogP contribution is 2.26. The Balaban J connectivity index is 2.16. The summed E-state index contributed by atoms with van der Waals surface area (Å²) >= 11 is 3.34. The van der Waals surface area contributed by atoms with E-state index in [4.69, 9.17) is 18.9 Å². The molecular formula is C17H17BrO5. The molecule has 0 unspecified atom stereocenters. The molecule has 2 aromatic rings. The molecule has 0 bridgehead atoms. The number of hydrogen-bond donors (Lipinski definition) is 0. The highest BCUT2D eigenvalue weighted by atomic mass is 79.9. The molecule has 0 atom stereocenters. The van der Waals surface area contributed by atoms with Gasteiger partial charge in [0.25, 0.3) is 0 Å². The molecule has 0 saturated heterocycles. The number of ether oxygens (including phenoxy) is 4. The number of methoxy groups -OCH3 is 3. The van der Waals surface area contributed by atoms with Crippen LogP contribution in [0.4, 0.5) is 0 Å². The van der Waals surface area contributed by atoms with Crippen LogP contribution in [-0.2, 0) is 11.3 Å². The lowest BCUT2D eigenvalue weighted by atomic mass is 10.2. The van der Waals surface area contributed by atoms with E-state index >= 15 is 0 Å². The van der Waals surface area contributed by atoms with E-state index in [1.54, 1.807) is 57.7 Å². The highest BCUT2D eigenvalue weighted by molar-refractivity contribution is 9.10. The molecule has 0 heterocycles. The summed E-state index contributed by atoms with van der Waals surface area (Å²) in [6.45, 7) is 0.0723. The second-order valence-corrected chi connectivity index (χ2v) is 5.45. The lowest BCUT2D eigenvalue weighted by Crippen LogP contribution is -2.07. The molecule has 0 amide bonds. The van der Waals surface area contributed by atoms with Crippen LogP contribution in [0.5, 0.6) is 17.2 Å². The maximum Gasteiger partial charge on any atom is 0.339 e. The summed E-state index contributed by atoms with van der Waals surface area (Å²) in [5.74, 6) is 1.42. The van der Waals surface area contributed by atoms with Crippen LogP contribution < -0.4 is 14.2 Å². The lowest BCUT2D eigenvalue weighted by Gasteiger charge is -2.12. The van der Waals surface area contributed by atoms with Crippen LogP contribution in [0.3, 0.4) is 0 Å². The van der Waals surface area contributed by atoms with Crippen LogP contribution in [-0.4, -0.2) is 27.3 Å². The van der Waals surface area contributed by atoms with E-state index in [2.05, 4.69) is 15.9 Å². The second-order valence-electron chi connectivity index (χ2n) is 4.60. The van der Waals surface area contributed by atoms with Crippen molar-refractivity contribution < 1.29 is 23.7 Å². The first kappa shape index (κ1) is 17.1.